The van der Waals surface area contributed by atoms with E-state index in [1.54, 1.807) is 32.2 Å². The number of amides is 1. The first kappa shape index (κ1) is 17.2. The van der Waals surface area contributed by atoms with Crippen LogP contribution in [0.3, 0.4) is 0 Å². The molecule has 0 saturated carbocycles. The lowest BCUT2D eigenvalue weighted by atomic mass is 10.1. The smallest absolute Gasteiger partial charge is 0.413 e. The number of aromatic nitrogens is 1. The Labute approximate surface area is 127 Å². The molecule has 0 fully saturated rings. The Balaban J connectivity index is 2.80. The molecule has 0 radical (unpaired) electrons. The highest BCUT2D eigenvalue weighted by Crippen LogP contribution is 2.23. The summed E-state index contributed by atoms with van der Waals surface area (Å²) in [6.07, 6.45) is 2.53. The molecule has 0 bridgehead atoms. The van der Waals surface area contributed by atoms with Crippen molar-refractivity contribution in [2.24, 2.45) is 0 Å². The zero-order valence-electron chi connectivity index (χ0n) is 12.6. The number of anilines is 1. The maximum absolute atomic E-state index is 11.6. The zero-order chi connectivity index (χ0) is 16.0. The van der Waals surface area contributed by atoms with Gasteiger partial charge >= 0.3 is 12.1 Å². The van der Waals surface area contributed by atoms with Crippen LogP contribution in [0.25, 0.3) is 5.57 Å². The second-order valence-electron chi connectivity index (χ2n) is 5.38. The number of nitrogens with one attached hydrogen (secondary N) is 1. The summed E-state index contributed by atoms with van der Waals surface area (Å²) in [6, 6.07) is 0. The largest absolute Gasteiger partial charge is 0.478 e. The number of hydrogen-bond acceptors (Lipinski definition) is 5. The van der Waals surface area contributed by atoms with Gasteiger partial charge in [-0.3, -0.25) is 5.32 Å². The quantitative estimate of drug-likeness (QED) is 0.808. The molecule has 0 saturated heterocycles. The molecule has 1 amide bonds. The predicted molar refractivity (Wildman–Crippen MR) is 82.5 cm³/mol. The van der Waals surface area contributed by atoms with E-state index in [0.29, 0.717) is 17.2 Å². The number of nitrogens with zero attached hydrogens (tertiary/aromatic N) is 1. The van der Waals surface area contributed by atoms with Gasteiger partial charge in [-0.1, -0.05) is 19.4 Å². The summed E-state index contributed by atoms with van der Waals surface area (Å²) in [5.74, 6) is -1.03. The Morgan fingerprint density at radius 2 is 2.14 bits per heavy atom. The van der Waals surface area contributed by atoms with Crippen molar-refractivity contribution in [2.45, 2.75) is 46.1 Å². The van der Waals surface area contributed by atoms with E-state index in [-0.39, 0.29) is 5.57 Å². The topological polar surface area (TPSA) is 88.5 Å². The van der Waals surface area contributed by atoms with Crippen LogP contribution >= 0.6 is 11.3 Å². The summed E-state index contributed by atoms with van der Waals surface area (Å²) >= 11 is 1.16. The van der Waals surface area contributed by atoms with Crippen molar-refractivity contribution < 1.29 is 19.4 Å². The Hall–Kier alpha value is -1.89. The van der Waals surface area contributed by atoms with Crippen LogP contribution in [-0.2, 0) is 9.53 Å². The molecule has 0 unspecified atom stereocenters. The van der Waals surface area contributed by atoms with Crippen molar-refractivity contribution in [3.63, 3.8) is 0 Å². The lowest BCUT2D eigenvalue weighted by Gasteiger charge is -2.18. The molecule has 0 aliphatic rings. The lowest BCUT2D eigenvalue weighted by Crippen LogP contribution is -2.27. The normalized spacial score (nSPS) is 12.1. The summed E-state index contributed by atoms with van der Waals surface area (Å²) in [4.78, 5) is 26.9. The molecule has 1 rings (SSSR count). The van der Waals surface area contributed by atoms with E-state index in [9.17, 15) is 14.7 Å². The van der Waals surface area contributed by atoms with Gasteiger partial charge in [0, 0.05) is 5.38 Å². The number of carbonyl (C=O) groups excluding carboxylic acids is 1. The fraction of sp³-hybridized carbons (Fsp3) is 0.500. The third kappa shape index (κ3) is 5.95. The zero-order valence-corrected chi connectivity index (χ0v) is 13.4. The van der Waals surface area contributed by atoms with E-state index < -0.39 is 17.7 Å². The van der Waals surface area contributed by atoms with Crippen LogP contribution in [0.5, 0.6) is 0 Å². The number of aliphatic carboxylic acids is 1. The van der Waals surface area contributed by atoms with Crippen LogP contribution in [0.2, 0.25) is 0 Å². The molecule has 0 aliphatic heterocycles. The van der Waals surface area contributed by atoms with Crippen LogP contribution in [0.15, 0.2) is 11.5 Å². The Kier molecular flexibility index (Phi) is 5.90. The molecule has 0 atom stereocenters. The van der Waals surface area contributed by atoms with Crippen LogP contribution in [0.4, 0.5) is 9.93 Å². The molecule has 1 aromatic rings. The summed E-state index contributed by atoms with van der Waals surface area (Å²) in [5.41, 5.74) is -0.116. The molecule has 6 nitrogen and oxygen atoms in total. The number of carbonyl (C=O) groups is 2. The minimum Gasteiger partial charge on any atom is -0.478 e. The van der Waals surface area contributed by atoms with Crippen molar-refractivity contribution in [3.05, 3.63) is 17.2 Å². The van der Waals surface area contributed by atoms with Crippen LogP contribution < -0.4 is 5.32 Å². The summed E-state index contributed by atoms with van der Waals surface area (Å²) in [6.45, 7) is 7.24. The van der Waals surface area contributed by atoms with Gasteiger partial charge in [-0.15, -0.1) is 11.3 Å². The van der Waals surface area contributed by atoms with E-state index in [1.807, 2.05) is 6.92 Å². The number of carboxylic acid groups (broad SMARTS) is 1. The lowest BCUT2D eigenvalue weighted by molar-refractivity contribution is -0.130. The number of thiazole rings is 1. The first-order valence-electron chi connectivity index (χ1n) is 6.62. The number of rotatable bonds is 5. The van der Waals surface area contributed by atoms with Crippen molar-refractivity contribution in [2.75, 3.05) is 5.32 Å². The molecule has 21 heavy (non-hydrogen) atoms. The monoisotopic (exact) mass is 312 g/mol. The predicted octanol–water partition coefficient (Wildman–Crippen LogP) is 3.76. The molecule has 1 aromatic heterocycles. The van der Waals surface area contributed by atoms with E-state index in [1.165, 1.54) is 0 Å². The molecule has 1 heterocycles. The third-order valence-electron chi connectivity index (χ3n) is 2.26. The average Bonchev–Trinajstić information content (AvgIpc) is 2.74. The maximum atomic E-state index is 11.6. The van der Waals surface area contributed by atoms with Crippen molar-refractivity contribution >= 4 is 34.1 Å². The third-order valence-corrected chi connectivity index (χ3v) is 3.01. The molecule has 0 aliphatic carbocycles. The summed E-state index contributed by atoms with van der Waals surface area (Å²) in [5, 5.41) is 13.6. The molecular formula is C14H20N2O4S. The number of hydrogen-bond donors (Lipinski definition) is 2. The second kappa shape index (κ2) is 7.21. The van der Waals surface area contributed by atoms with Gasteiger partial charge in [0.2, 0.25) is 0 Å². The van der Waals surface area contributed by atoms with E-state index in [4.69, 9.17) is 4.74 Å². The van der Waals surface area contributed by atoms with Gasteiger partial charge in [-0.25, -0.2) is 14.6 Å². The van der Waals surface area contributed by atoms with Gasteiger partial charge in [0.05, 0.1) is 11.3 Å². The van der Waals surface area contributed by atoms with Gasteiger partial charge in [0.1, 0.15) is 5.60 Å². The standard InChI is InChI=1S/C14H20N2O4S/c1-5-6-7-9(11(17)18)10-8-21-12(15-10)16-13(19)20-14(2,3)4/h7-8H,5-6H2,1-4H3,(H,17,18)(H,15,16,19)/b9-7-. The number of allylic oxidation sites excluding steroid dienone is 1. The number of unbranched alkanes of at least 4 members (excludes halogenated alkanes) is 1. The molecule has 0 aromatic carbocycles. The van der Waals surface area contributed by atoms with Gasteiger partial charge in [-0.05, 0) is 27.2 Å². The van der Waals surface area contributed by atoms with Crippen molar-refractivity contribution in [1.29, 1.82) is 0 Å². The minimum atomic E-state index is -1.03. The van der Waals surface area contributed by atoms with Crippen molar-refractivity contribution in [3.8, 4) is 0 Å². The molecule has 0 spiro atoms. The van der Waals surface area contributed by atoms with Gasteiger partial charge in [0.25, 0.3) is 0 Å². The Bertz CT molecular complexity index is 543. The van der Waals surface area contributed by atoms with E-state index >= 15 is 0 Å². The van der Waals surface area contributed by atoms with Gasteiger partial charge in [0.15, 0.2) is 5.13 Å². The summed E-state index contributed by atoms with van der Waals surface area (Å²) in [7, 11) is 0. The fourth-order valence-corrected chi connectivity index (χ4v) is 2.13. The first-order valence-corrected chi connectivity index (χ1v) is 7.50. The molecular weight excluding hydrogens is 292 g/mol. The number of ether oxygens (including phenoxy) is 1. The van der Waals surface area contributed by atoms with Gasteiger partial charge < -0.3 is 9.84 Å². The first-order chi connectivity index (χ1) is 9.73. The average molecular weight is 312 g/mol. The second-order valence-corrected chi connectivity index (χ2v) is 6.23. The minimum absolute atomic E-state index is 0.144. The fourth-order valence-electron chi connectivity index (χ4n) is 1.44. The van der Waals surface area contributed by atoms with Crippen LogP contribution in [0.1, 0.15) is 46.2 Å². The highest BCUT2D eigenvalue weighted by molar-refractivity contribution is 7.14. The molecule has 2 N–H and O–H groups in total. The van der Waals surface area contributed by atoms with Crippen LogP contribution in [-0.4, -0.2) is 27.8 Å². The molecule has 7 heteroatoms. The SMILES string of the molecule is CCC/C=C(\C(=O)O)c1csc(NC(=O)OC(C)(C)C)n1. The number of carboxylic acids is 1. The summed E-state index contributed by atoms with van der Waals surface area (Å²) < 4.78 is 5.11. The molecule has 116 valence electrons. The Morgan fingerprint density at radius 1 is 1.48 bits per heavy atom. The van der Waals surface area contributed by atoms with Crippen LogP contribution in [0, 0.1) is 0 Å². The van der Waals surface area contributed by atoms with Gasteiger partial charge in [-0.2, -0.15) is 0 Å². The highest BCUT2D eigenvalue weighted by atomic mass is 32.1. The van der Waals surface area contributed by atoms with E-state index in [0.717, 1.165) is 17.8 Å². The van der Waals surface area contributed by atoms with Crippen molar-refractivity contribution in [1.82, 2.24) is 4.98 Å². The highest BCUT2D eigenvalue weighted by Gasteiger charge is 2.18. The van der Waals surface area contributed by atoms with E-state index in [2.05, 4.69) is 10.3 Å². The maximum Gasteiger partial charge on any atom is 0.413 e. The Morgan fingerprint density at radius 3 is 2.67 bits per heavy atom.